The van der Waals surface area contributed by atoms with Crippen molar-refractivity contribution in [2.24, 2.45) is 0 Å². The number of aromatic nitrogens is 3. The van der Waals surface area contributed by atoms with Crippen LogP contribution in [0.3, 0.4) is 0 Å². The van der Waals surface area contributed by atoms with Crippen LogP contribution in [-0.4, -0.2) is 15.0 Å². The third kappa shape index (κ3) is 3.11. The predicted octanol–water partition coefficient (Wildman–Crippen LogP) is 4.53. The van der Waals surface area contributed by atoms with Crippen molar-refractivity contribution in [1.82, 2.24) is 15.0 Å². The molecule has 4 aromatic rings. The zero-order chi connectivity index (χ0) is 17.8. The second-order valence-corrected chi connectivity index (χ2v) is 5.99. The maximum Gasteiger partial charge on any atom is 0.121 e. The smallest absolute Gasteiger partial charge is 0.121 e. The molecule has 3 aromatic carbocycles. The van der Waals surface area contributed by atoms with Crippen LogP contribution in [0.15, 0.2) is 84.9 Å². The zero-order valence-corrected chi connectivity index (χ0v) is 14.1. The van der Waals surface area contributed by atoms with Gasteiger partial charge in [0.1, 0.15) is 5.69 Å². The Kier molecular flexibility index (Phi) is 4.28. The molecule has 1 aromatic heterocycles. The van der Waals surface area contributed by atoms with Crippen LogP contribution in [0.4, 0.5) is 0 Å². The molecule has 1 heterocycles. The van der Waals surface area contributed by atoms with E-state index in [1.54, 1.807) is 0 Å². The van der Waals surface area contributed by atoms with Crippen molar-refractivity contribution in [1.29, 1.82) is 5.26 Å². The maximum absolute atomic E-state index is 9.06. The Bertz CT molecular complexity index is 1040. The van der Waals surface area contributed by atoms with Crippen molar-refractivity contribution in [2.75, 3.05) is 0 Å². The van der Waals surface area contributed by atoms with E-state index in [-0.39, 0.29) is 0 Å². The van der Waals surface area contributed by atoms with Gasteiger partial charge in [0.25, 0.3) is 0 Å². The molecule has 0 saturated carbocycles. The van der Waals surface area contributed by atoms with Crippen LogP contribution in [-0.2, 0) is 6.54 Å². The Morgan fingerprint density at radius 3 is 2.08 bits per heavy atom. The van der Waals surface area contributed by atoms with E-state index in [4.69, 9.17) is 5.26 Å². The first-order valence-corrected chi connectivity index (χ1v) is 8.38. The number of hydrogen-bond acceptors (Lipinski definition) is 3. The van der Waals surface area contributed by atoms with Gasteiger partial charge in [-0.2, -0.15) is 5.26 Å². The molecule has 0 bridgehead atoms. The van der Waals surface area contributed by atoms with Crippen molar-refractivity contribution < 1.29 is 0 Å². The van der Waals surface area contributed by atoms with E-state index in [1.807, 2.05) is 77.5 Å². The number of rotatable bonds is 4. The van der Waals surface area contributed by atoms with Gasteiger partial charge in [0, 0.05) is 11.1 Å². The highest BCUT2D eigenvalue weighted by molar-refractivity contribution is 5.78. The van der Waals surface area contributed by atoms with Gasteiger partial charge in [-0.3, -0.25) is 0 Å². The molecule has 0 aliphatic rings. The molecule has 4 rings (SSSR count). The summed E-state index contributed by atoms with van der Waals surface area (Å²) in [6.45, 7) is 0.635. The number of nitriles is 1. The molecule has 4 heteroatoms. The lowest BCUT2D eigenvalue weighted by molar-refractivity contribution is 0.656. The second-order valence-electron chi connectivity index (χ2n) is 5.99. The van der Waals surface area contributed by atoms with Gasteiger partial charge in [0.2, 0.25) is 0 Å². The monoisotopic (exact) mass is 336 g/mol. The topological polar surface area (TPSA) is 54.5 Å². The van der Waals surface area contributed by atoms with Crippen molar-refractivity contribution in [3.05, 3.63) is 96.1 Å². The lowest BCUT2D eigenvalue weighted by Crippen LogP contribution is -2.04. The quantitative estimate of drug-likeness (QED) is 0.550. The summed E-state index contributed by atoms with van der Waals surface area (Å²) >= 11 is 0. The first-order chi connectivity index (χ1) is 12.8. The van der Waals surface area contributed by atoms with Crippen molar-refractivity contribution in [3.63, 3.8) is 0 Å². The van der Waals surface area contributed by atoms with E-state index in [1.165, 1.54) is 0 Å². The Morgan fingerprint density at radius 2 is 1.42 bits per heavy atom. The van der Waals surface area contributed by atoms with E-state index in [2.05, 4.69) is 28.5 Å². The third-order valence-corrected chi connectivity index (χ3v) is 4.24. The highest BCUT2D eigenvalue weighted by Gasteiger charge is 2.16. The van der Waals surface area contributed by atoms with Gasteiger partial charge in [-0.1, -0.05) is 78.0 Å². The molecular weight excluding hydrogens is 320 g/mol. The summed E-state index contributed by atoms with van der Waals surface area (Å²) in [6, 6.07) is 29.9. The van der Waals surface area contributed by atoms with Crippen molar-refractivity contribution in [2.45, 2.75) is 6.54 Å². The summed E-state index contributed by atoms with van der Waals surface area (Å²) in [5.41, 5.74) is 5.59. The molecule has 0 aliphatic heterocycles. The summed E-state index contributed by atoms with van der Waals surface area (Å²) < 4.78 is 1.92. The predicted molar refractivity (Wildman–Crippen MR) is 101 cm³/mol. The fraction of sp³-hybridized carbons (Fsp3) is 0.0455. The summed E-state index contributed by atoms with van der Waals surface area (Å²) in [7, 11) is 0. The third-order valence-electron chi connectivity index (χ3n) is 4.24. The molecule has 0 atom stereocenters. The van der Waals surface area contributed by atoms with Crippen LogP contribution in [0.1, 0.15) is 11.1 Å². The van der Waals surface area contributed by atoms with E-state index >= 15 is 0 Å². The Labute approximate surface area is 152 Å². The van der Waals surface area contributed by atoms with Crippen LogP contribution in [0.25, 0.3) is 22.5 Å². The molecule has 0 amide bonds. The Balaban J connectivity index is 1.84. The molecule has 124 valence electrons. The number of hydrogen-bond donors (Lipinski definition) is 0. The fourth-order valence-corrected chi connectivity index (χ4v) is 2.96. The average Bonchev–Trinajstić information content (AvgIpc) is 3.13. The van der Waals surface area contributed by atoms with Gasteiger partial charge >= 0.3 is 0 Å². The summed E-state index contributed by atoms with van der Waals surface area (Å²) in [6.07, 6.45) is 0. The van der Waals surface area contributed by atoms with Crippen LogP contribution >= 0.6 is 0 Å². The van der Waals surface area contributed by atoms with Gasteiger partial charge in [0.05, 0.1) is 23.9 Å². The lowest BCUT2D eigenvalue weighted by Gasteiger charge is -2.09. The van der Waals surface area contributed by atoms with Crippen LogP contribution in [0.5, 0.6) is 0 Å². The first kappa shape index (κ1) is 15.8. The van der Waals surface area contributed by atoms with Crippen LogP contribution in [0.2, 0.25) is 0 Å². The molecule has 4 nitrogen and oxygen atoms in total. The van der Waals surface area contributed by atoms with Gasteiger partial charge in [-0.05, 0) is 17.7 Å². The molecule has 0 spiro atoms. The zero-order valence-electron chi connectivity index (χ0n) is 14.1. The van der Waals surface area contributed by atoms with Crippen LogP contribution in [0, 0.1) is 11.3 Å². The van der Waals surface area contributed by atoms with Gasteiger partial charge in [-0.15, -0.1) is 5.10 Å². The van der Waals surface area contributed by atoms with E-state index < -0.39 is 0 Å². The van der Waals surface area contributed by atoms with E-state index in [0.717, 1.165) is 28.1 Å². The standard InChI is InChI=1S/C22H16N4/c23-15-17-11-13-20(14-12-17)22-21(19-9-5-2-6-10-19)24-25-26(22)16-18-7-3-1-4-8-18/h1-14H,16H2. The average molecular weight is 336 g/mol. The largest absolute Gasteiger partial charge is 0.240 e. The minimum atomic E-state index is 0.635. The van der Waals surface area contributed by atoms with Crippen LogP contribution < -0.4 is 0 Å². The van der Waals surface area contributed by atoms with E-state index in [0.29, 0.717) is 12.1 Å². The van der Waals surface area contributed by atoms with Gasteiger partial charge < -0.3 is 0 Å². The molecule has 0 radical (unpaired) electrons. The molecule has 0 aliphatic carbocycles. The molecule has 0 fully saturated rings. The minimum Gasteiger partial charge on any atom is -0.240 e. The Morgan fingerprint density at radius 1 is 0.769 bits per heavy atom. The molecular formula is C22H16N4. The maximum atomic E-state index is 9.06. The summed E-state index contributed by atoms with van der Waals surface area (Å²) in [4.78, 5) is 0. The highest BCUT2D eigenvalue weighted by Crippen LogP contribution is 2.30. The van der Waals surface area contributed by atoms with Gasteiger partial charge in [-0.25, -0.2) is 4.68 Å². The number of benzene rings is 3. The SMILES string of the molecule is N#Cc1ccc(-c2c(-c3ccccc3)nnn2Cc2ccccc2)cc1. The molecule has 0 N–H and O–H groups in total. The molecule has 0 saturated heterocycles. The molecule has 0 unspecified atom stereocenters. The second kappa shape index (κ2) is 7.04. The van der Waals surface area contributed by atoms with Gasteiger partial charge in [0.15, 0.2) is 0 Å². The highest BCUT2D eigenvalue weighted by atomic mass is 15.4. The summed E-state index contributed by atoms with van der Waals surface area (Å²) in [5, 5.41) is 17.9. The minimum absolute atomic E-state index is 0.635. The molecule has 26 heavy (non-hydrogen) atoms. The lowest BCUT2D eigenvalue weighted by atomic mass is 10.0. The van der Waals surface area contributed by atoms with Crippen molar-refractivity contribution >= 4 is 0 Å². The normalized spacial score (nSPS) is 10.4. The number of nitrogens with zero attached hydrogens (tertiary/aromatic N) is 4. The Hall–Kier alpha value is -3.71. The van der Waals surface area contributed by atoms with E-state index in [9.17, 15) is 0 Å². The first-order valence-electron chi connectivity index (χ1n) is 8.38. The van der Waals surface area contributed by atoms with Crippen molar-refractivity contribution in [3.8, 4) is 28.6 Å². The summed E-state index contributed by atoms with van der Waals surface area (Å²) in [5.74, 6) is 0. The fourth-order valence-electron chi connectivity index (χ4n) is 2.96.